The molecule has 0 aromatic rings. The number of nitrogens with zero attached hydrogens (tertiary/aromatic N) is 2. The van der Waals surface area contributed by atoms with Crippen LogP contribution in [0, 0.1) is 0 Å². The third-order valence-corrected chi connectivity index (χ3v) is 4.87. The first-order chi connectivity index (χ1) is 12.8. The lowest BCUT2D eigenvalue weighted by atomic mass is 10.1. The van der Waals surface area contributed by atoms with Crippen molar-refractivity contribution in [2.24, 2.45) is 11.5 Å². The largest absolute Gasteiger partial charge is 0.480 e. The number of nitrogens with two attached hydrogens (primary N) is 2. The molecule has 0 spiro atoms. The molecule has 11 nitrogen and oxygen atoms in total. The number of amides is 4. The van der Waals surface area contributed by atoms with Crippen LogP contribution in [0.3, 0.4) is 0 Å². The van der Waals surface area contributed by atoms with E-state index in [0.717, 1.165) is 0 Å². The van der Waals surface area contributed by atoms with Gasteiger partial charge in [-0.3, -0.25) is 19.2 Å². The minimum atomic E-state index is -1.21. The number of primary amides is 1. The van der Waals surface area contributed by atoms with Gasteiger partial charge in [0.2, 0.25) is 23.6 Å². The number of hydrogen-bond acceptors (Lipinski definition) is 6. The molecular formula is C16H25N5O6. The summed E-state index contributed by atoms with van der Waals surface area (Å²) in [5.74, 6) is -3.50. The molecule has 2 rings (SSSR count). The molecular weight excluding hydrogens is 358 g/mol. The quantitative estimate of drug-likeness (QED) is 0.371. The zero-order chi connectivity index (χ0) is 20.1. The molecule has 2 fully saturated rings. The van der Waals surface area contributed by atoms with E-state index in [1.54, 1.807) is 0 Å². The number of hydrogen-bond donors (Lipinski definition) is 4. The van der Waals surface area contributed by atoms with Gasteiger partial charge in [-0.25, -0.2) is 4.79 Å². The van der Waals surface area contributed by atoms with E-state index >= 15 is 0 Å². The molecule has 4 amide bonds. The zero-order valence-corrected chi connectivity index (χ0v) is 14.9. The molecule has 2 aliphatic rings. The number of carbonyl (C=O) groups is 5. The van der Waals surface area contributed by atoms with Gasteiger partial charge >= 0.3 is 5.97 Å². The molecule has 150 valence electrons. The van der Waals surface area contributed by atoms with E-state index in [1.165, 1.54) is 9.80 Å². The van der Waals surface area contributed by atoms with Gasteiger partial charge in [-0.1, -0.05) is 0 Å². The smallest absolute Gasteiger partial charge is 0.326 e. The highest BCUT2D eigenvalue weighted by atomic mass is 16.4. The van der Waals surface area contributed by atoms with Gasteiger partial charge in [-0.2, -0.15) is 0 Å². The predicted octanol–water partition coefficient (Wildman–Crippen LogP) is -2.63. The summed E-state index contributed by atoms with van der Waals surface area (Å²) in [6.07, 6.45) is 1.49. The predicted molar refractivity (Wildman–Crippen MR) is 91.9 cm³/mol. The van der Waals surface area contributed by atoms with Crippen molar-refractivity contribution in [1.82, 2.24) is 15.1 Å². The van der Waals surface area contributed by atoms with Gasteiger partial charge in [0.15, 0.2) is 0 Å². The van der Waals surface area contributed by atoms with Crippen LogP contribution in [-0.4, -0.2) is 82.3 Å². The summed E-state index contributed by atoms with van der Waals surface area (Å²) < 4.78 is 0. The molecule has 0 aromatic heterocycles. The third-order valence-electron chi connectivity index (χ3n) is 4.87. The van der Waals surface area contributed by atoms with E-state index in [0.29, 0.717) is 32.2 Å². The monoisotopic (exact) mass is 383 g/mol. The second-order valence-electron chi connectivity index (χ2n) is 6.71. The summed E-state index contributed by atoms with van der Waals surface area (Å²) in [5.41, 5.74) is 10.4. The Morgan fingerprint density at radius 1 is 1.04 bits per heavy atom. The summed E-state index contributed by atoms with van der Waals surface area (Å²) in [7, 11) is 0. The Labute approximate surface area is 156 Å². The van der Waals surface area contributed by atoms with E-state index in [1.807, 2.05) is 0 Å². The van der Waals surface area contributed by atoms with Crippen LogP contribution >= 0.6 is 0 Å². The molecule has 0 radical (unpaired) electrons. The van der Waals surface area contributed by atoms with Crippen molar-refractivity contribution in [1.29, 1.82) is 0 Å². The maximum absolute atomic E-state index is 12.9. The van der Waals surface area contributed by atoms with E-state index < -0.39 is 54.1 Å². The third kappa shape index (κ3) is 4.73. The van der Waals surface area contributed by atoms with Crippen LogP contribution < -0.4 is 16.8 Å². The van der Waals surface area contributed by atoms with E-state index in [-0.39, 0.29) is 13.1 Å². The first-order valence-electron chi connectivity index (χ1n) is 8.87. The second-order valence-corrected chi connectivity index (χ2v) is 6.71. The van der Waals surface area contributed by atoms with Crippen molar-refractivity contribution in [3.8, 4) is 0 Å². The van der Waals surface area contributed by atoms with Crippen molar-refractivity contribution >= 4 is 29.6 Å². The van der Waals surface area contributed by atoms with E-state index in [9.17, 15) is 29.1 Å². The summed E-state index contributed by atoms with van der Waals surface area (Å²) in [5, 5.41) is 11.6. The lowest BCUT2D eigenvalue weighted by Gasteiger charge is -2.32. The molecule has 27 heavy (non-hydrogen) atoms. The summed E-state index contributed by atoms with van der Waals surface area (Å²) in [4.78, 5) is 62.5. The maximum atomic E-state index is 12.9. The number of nitrogens with one attached hydrogen (secondary N) is 1. The fourth-order valence-corrected chi connectivity index (χ4v) is 3.62. The summed E-state index contributed by atoms with van der Waals surface area (Å²) in [6.45, 7) is 0.233. The number of aliphatic carboxylic acids is 1. The number of rotatable bonds is 7. The molecule has 11 heteroatoms. The topological polar surface area (TPSA) is 176 Å². The molecule has 0 aliphatic carbocycles. The van der Waals surface area contributed by atoms with Gasteiger partial charge in [0.25, 0.3) is 0 Å². The van der Waals surface area contributed by atoms with Crippen molar-refractivity contribution < 1.29 is 29.1 Å². The Kier molecular flexibility index (Phi) is 6.72. The van der Waals surface area contributed by atoms with Gasteiger partial charge in [0.1, 0.15) is 18.1 Å². The minimum Gasteiger partial charge on any atom is -0.480 e. The SMILES string of the molecule is NCC(=O)NC(CC(N)=O)C(=O)N1CCCC1C(=O)N1CCCC1C(=O)O. The van der Waals surface area contributed by atoms with Crippen molar-refractivity contribution in [3.05, 3.63) is 0 Å². The summed E-state index contributed by atoms with van der Waals surface area (Å²) in [6, 6.07) is -2.92. The van der Waals surface area contributed by atoms with E-state index in [2.05, 4.69) is 5.32 Å². The number of carboxylic acids is 1. The fraction of sp³-hybridized carbons (Fsp3) is 0.688. The minimum absolute atomic E-state index is 0.272. The summed E-state index contributed by atoms with van der Waals surface area (Å²) >= 11 is 0. The average Bonchev–Trinajstić information content (AvgIpc) is 3.28. The Morgan fingerprint density at radius 2 is 1.63 bits per heavy atom. The average molecular weight is 383 g/mol. The molecule has 3 atom stereocenters. The molecule has 0 saturated carbocycles. The maximum Gasteiger partial charge on any atom is 0.326 e. The highest BCUT2D eigenvalue weighted by Gasteiger charge is 2.43. The molecule has 2 aliphatic heterocycles. The highest BCUT2D eigenvalue weighted by molar-refractivity contribution is 5.96. The van der Waals surface area contributed by atoms with Crippen LogP contribution in [0.25, 0.3) is 0 Å². The zero-order valence-electron chi connectivity index (χ0n) is 14.9. The van der Waals surface area contributed by atoms with Crippen LogP contribution in [-0.2, 0) is 24.0 Å². The van der Waals surface area contributed by atoms with Crippen LogP contribution in [0.1, 0.15) is 32.1 Å². The second kappa shape index (κ2) is 8.80. The standard InChI is InChI=1S/C16H25N5O6/c17-8-13(23)19-9(7-12(18)22)14(24)20-5-1-3-10(20)15(25)21-6-2-4-11(21)16(26)27/h9-11H,1-8,17H2,(H2,18,22)(H,19,23)(H,26,27). The van der Waals surface area contributed by atoms with Crippen LogP contribution in [0.4, 0.5) is 0 Å². The first kappa shape index (κ1) is 20.6. The number of carbonyl (C=O) groups excluding carboxylic acids is 4. The van der Waals surface area contributed by atoms with Gasteiger partial charge in [0.05, 0.1) is 13.0 Å². The Morgan fingerprint density at radius 3 is 2.19 bits per heavy atom. The van der Waals surface area contributed by atoms with Gasteiger partial charge in [-0.15, -0.1) is 0 Å². The number of carboxylic acid groups (broad SMARTS) is 1. The Bertz CT molecular complexity index is 639. The van der Waals surface area contributed by atoms with E-state index in [4.69, 9.17) is 11.5 Å². The Hall–Kier alpha value is -2.69. The van der Waals surface area contributed by atoms with Crippen molar-refractivity contribution in [2.75, 3.05) is 19.6 Å². The molecule has 0 bridgehead atoms. The lowest BCUT2D eigenvalue weighted by Crippen LogP contribution is -2.56. The number of likely N-dealkylation sites (tertiary alicyclic amines) is 2. The molecule has 3 unspecified atom stereocenters. The molecule has 2 saturated heterocycles. The fourth-order valence-electron chi connectivity index (χ4n) is 3.62. The van der Waals surface area contributed by atoms with Gasteiger partial charge in [-0.05, 0) is 25.7 Å². The van der Waals surface area contributed by atoms with Crippen LogP contribution in [0.2, 0.25) is 0 Å². The first-order valence-corrected chi connectivity index (χ1v) is 8.87. The Balaban J connectivity index is 2.15. The van der Waals surface area contributed by atoms with Crippen molar-refractivity contribution in [3.63, 3.8) is 0 Å². The molecule has 6 N–H and O–H groups in total. The van der Waals surface area contributed by atoms with Crippen LogP contribution in [0.15, 0.2) is 0 Å². The van der Waals surface area contributed by atoms with Crippen LogP contribution in [0.5, 0.6) is 0 Å². The highest BCUT2D eigenvalue weighted by Crippen LogP contribution is 2.25. The van der Waals surface area contributed by atoms with Gasteiger partial charge in [0, 0.05) is 13.1 Å². The van der Waals surface area contributed by atoms with Gasteiger partial charge < -0.3 is 31.7 Å². The lowest BCUT2D eigenvalue weighted by molar-refractivity contribution is -0.152. The van der Waals surface area contributed by atoms with Crippen molar-refractivity contribution in [2.45, 2.75) is 50.2 Å². The molecule has 2 heterocycles. The molecule has 0 aromatic carbocycles. The normalized spacial score (nSPS) is 23.1.